The maximum Gasteiger partial charge on any atom is 0.339 e. The summed E-state index contributed by atoms with van der Waals surface area (Å²) in [5, 5.41) is 19.4. The number of carboxylic acid groups (broad SMARTS) is 1. The molecule has 0 fully saturated rings. The molecule has 1 aromatic rings. The van der Waals surface area contributed by atoms with Crippen molar-refractivity contribution in [3.8, 4) is 0 Å². The highest BCUT2D eigenvalue weighted by molar-refractivity contribution is 5.92. The number of carbonyl (C=O) groups is 1. The first-order valence-corrected chi connectivity index (χ1v) is 4.99. The van der Waals surface area contributed by atoms with Gasteiger partial charge in [-0.1, -0.05) is 6.92 Å². The molecular weight excluding hydrogens is 210 g/mol. The third kappa shape index (κ3) is 3.16. The van der Waals surface area contributed by atoms with Gasteiger partial charge in [-0.2, -0.15) is 5.10 Å². The molecule has 88 valence electrons. The van der Waals surface area contributed by atoms with E-state index in [0.29, 0.717) is 6.61 Å². The molecule has 0 saturated heterocycles. The van der Waals surface area contributed by atoms with E-state index in [2.05, 4.69) is 15.5 Å². The Morgan fingerprint density at radius 3 is 3.00 bits per heavy atom. The van der Waals surface area contributed by atoms with E-state index >= 15 is 0 Å². The largest absolute Gasteiger partial charge is 0.478 e. The van der Waals surface area contributed by atoms with E-state index in [1.54, 1.807) is 7.11 Å². The van der Waals surface area contributed by atoms with Crippen LogP contribution in [0.3, 0.4) is 0 Å². The number of methoxy groups -OCH3 is 1. The van der Waals surface area contributed by atoms with Crippen LogP contribution in [0.4, 0.5) is 5.82 Å². The summed E-state index contributed by atoms with van der Waals surface area (Å²) in [5.41, 5.74) is 0.115. The maximum absolute atomic E-state index is 10.9. The summed E-state index contributed by atoms with van der Waals surface area (Å²) >= 11 is 0. The summed E-state index contributed by atoms with van der Waals surface area (Å²) in [6.07, 6.45) is 2.16. The number of nitrogens with one attached hydrogen (secondary N) is 1. The van der Waals surface area contributed by atoms with E-state index in [-0.39, 0.29) is 17.4 Å². The van der Waals surface area contributed by atoms with E-state index in [1.807, 2.05) is 6.92 Å². The highest BCUT2D eigenvalue weighted by atomic mass is 16.5. The van der Waals surface area contributed by atoms with Crippen LogP contribution in [0.15, 0.2) is 12.3 Å². The summed E-state index contributed by atoms with van der Waals surface area (Å²) < 4.78 is 5.01. The van der Waals surface area contributed by atoms with Gasteiger partial charge in [0.1, 0.15) is 5.56 Å². The van der Waals surface area contributed by atoms with Crippen molar-refractivity contribution in [3.63, 3.8) is 0 Å². The van der Waals surface area contributed by atoms with E-state index in [4.69, 9.17) is 9.84 Å². The van der Waals surface area contributed by atoms with Crippen LogP contribution >= 0.6 is 0 Å². The van der Waals surface area contributed by atoms with E-state index in [1.165, 1.54) is 12.3 Å². The molecule has 2 N–H and O–H groups in total. The van der Waals surface area contributed by atoms with E-state index in [0.717, 1.165) is 6.42 Å². The average Bonchev–Trinajstić information content (AvgIpc) is 2.29. The SMILES string of the molecule is CCC(COC)Nc1nnccc1C(=O)O. The quantitative estimate of drug-likeness (QED) is 0.751. The Morgan fingerprint density at radius 2 is 2.44 bits per heavy atom. The first kappa shape index (κ1) is 12.4. The Kier molecular flexibility index (Phi) is 4.65. The van der Waals surface area contributed by atoms with E-state index < -0.39 is 5.97 Å². The smallest absolute Gasteiger partial charge is 0.339 e. The van der Waals surface area contributed by atoms with Gasteiger partial charge in [0.15, 0.2) is 5.82 Å². The van der Waals surface area contributed by atoms with Gasteiger partial charge in [-0.15, -0.1) is 5.10 Å². The number of nitrogens with zero attached hydrogens (tertiary/aromatic N) is 2. The fourth-order valence-corrected chi connectivity index (χ4v) is 1.27. The predicted molar refractivity (Wildman–Crippen MR) is 58.6 cm³/mol. The number of hydrogen-bond donors (Lipinski definition) is 2. The van der Waals surface area contributed by atoms with Crippen LogP contribution in [0, 0.1) is 0 Å². The van der Waals surface area contributed by atoms with Gasteiger partial charge in [-0.05, 0) is 12.5 Å². The fourth-order valence-electron chi connectivity index (χ4n) is 1.27. The summed E-state index contributed by atoms with van der Waals surface area (Å²) in [4.78, 5) is 10.9. The predicted octanol–water partition coefficient (Wildman–Crippen LogP) is 1.01. The number of hydrogen-bond acceptors (Lipinski definition) is 5. The summed E-state index contributed by atoms with van der Waals surface area (Å²) in [6.45, 7) is 2.47. The van der Waals surface area contributed by atoms with Gasteiger partial charge in [-0.3, -0.25) is 0 Å². The number of carboxylic acids is 1. The van der Waals surface area contributed by atoms with Crippen molar-refractivity contribution in [2.45, 2.75) is 19.4 Å². The molecular formula is C10H15N3O3. The van der Waals surface area contributed by atoms with Crippen LogP contribution in [0.2, 0.25) is 0 Å². The van der Waals surface area contributed by atoms with Crippen molar-refractivity contribution >= 4 is 11.8 Å². The molecule has 1 atom stereocenters. The number of rotatable bonds is 6. The number of ether oxygens (including phenoxy) is 1. The normalized spacial score (nSPS) is 12.1. The van der Waals surface area contributed by atoms with Crippen molar-refractivity contribution in [1.82, 2.24) is 10.2 Å². The first-order chi connectivity index (χ1) is 7.69. The summed E-state index contributed by atoms with van der Waals surface area (Å²) in [7, 11) is 1.60. The number of aromatic carboxylic acids is 1. The molecule has 1 aromatic heterocycles. The molecule has 6 heteroatoms. The van der Waals surface area contributed by atoms with Crippen molar-refractivity contribution < 1.29 is 14.6 Å². The Hall–Kier alpha value is -1.69. The lowest BCUT2D eigenvalue weighted by Crippen LogP contribution is -2.26. The zero-order chi connectivity index (χ0) is 12.0. The Balaban J connectivity index is 2.82. The van der Waals surface area contributed by atoms with Crippen LogP contribution in [-0.2, 0) is 4.74 Å². The van der Waals surface area contributed by atoms with Crippen LogP contribution in [0.1, 0.15) is 23.7 Å². The molecule has 0 saturated carbocycles. The molecule has 16 heavy (non-hydrogen) atoms. The lowest BCUT2D eigenvalue weighted by molar-refractivity contribution is 0.0697. The molecule has 1 rings (SSSR count). The number of anilines is 1. The lowest BCUT2D eigenvalue weighted by Gasteiger charge is -2.16. The highest BCUT2D eigenvalue weighted by Gasteiger charge is 2.14. The van der Waals surface area contributed by atoms with Gasteiger partial charge in [0.25, 0.3) is 0 Å². The van der Waals surface area contributed by atoms with Crippen LogP contribution in [0.25, 0.3) is 0 Å². The van der Waals surface area contributed by atoms with Crippen molar-refractivity contribution in [2.24, 2.45) is 0 Å². The Labute approximate surface area is 93.6 Å². The summed E-state index contributed by atoms with van der Waals surface area (Å²) in [5.74, 6) is -0.747. The first-order valence-electron chi connectivity index (χ1n) is 4.99. The minimum atomic E-state index is -1.02. The zero-order valence-electron chi connectivity index (χ0n) is 9.30. The minimum absolute atomic E-state index is 0.0276. The second kappa shape index (κ2) is 6.02. The molecule has 0 amide bonds. The Bertz CT molecular complexity index is 357. The van der Waals surface area contributed by atoms with Crippen LogP contribution in [0.5, 0.6) is 0 Å². The van der Waals surface area contributed by atoms with Crippen molar-refractivity contribution in [1.29, 1.82) is 0 Å². The second-order valence-electron chi connectivity index (χ2n) is 3.30. The third-order valence-electron chi connectivity index (χ3n) is 2.15. The monoisotopic (exact) mass is 225 g/mol. The summed E-state index contributed by atoms with van der Waals surface area (Å²) in [6, 6.07) is 1.44. The molecule has 0 aromatic carbocycles. The number of aromatic nitrogens is 2. The molecule has 0 spiro atoms. The maximum atomic E-state index is 10.9. The van der Waals surface area contributed by atoms with Gasteiger partial charge >= 0.3 is 5.97 Å². The minimum Gasteiger partial charge on any atom is -0.478 e. The second-order valence-corrected chi connectivity index (χ2v) is 3.30. The molecule has 0 radical (unpaired) electrons. The van der Waals surface area contributed by atoms with Gasteiger partial charge in [0.2, 0.25) is 0 Å². The van der Waals surface area contributed by atoms with Gasteiger partial charge in [0.05, 0.1) is 18.8 Å². The Morgan fingerprint density at radius 1 is 1.69 bits per heavy atom. The van der Waals surface area contributed by atoms with Crippen LogP contribution in [-0.4, -0.2) is 41.0 Å². The van der Waals surface area contributed by atoms with Gasteiger partial charge in [-0.25, -0.2) is 4.79 Å². The molecule has 6 nitrogen and oxygen atoms in total. The molecule has 1 unspecified atom stereocenters. The van der Waals surface area contributed by atoms with Gasteiger partial charge < -0.3 is 15.2 Å². The highest BCUT2D eigenvalue weighted by Crippen LogP contribution is 2.12. The topological polar surface area (TPSA) is 84.3 Å². The lowest BCUT2D eigenvalue weighted by atomic mass is 10.2. The average molecular weight is 225 g/mol. The molecule has 0 bridgehead atoms. The zero-order valence-corrected chi connectivity index (χ0v) is 9.30. The molecule has 0 aliphatic rings. The van der Waals surface area contributed by atoms with Crippen molar-refractivity contribution in [2.75, 3.05) is 19.0 Å². The third-order valence-corrected chi connectivity index (χ3v) is 2.15. The van der Waals surface area contributed by atoms with Crippen molar-refractivity contribution in [3.05, 3.63) is 17.8 Å². The standard InChI is InChI=1S/C10H15N3O3/c1-3-7(6-16-2)12-9-8(10(14)15)4-5-11-13-9/h4-5,7H,3,6H2,1-2H3,(H,12,13)(H,14,15). The molecule has 0 aliphatic heterocycles. The van der Waals surface area contributed by atoms with Gasteiger partial charge in [0, 0.05) is 7.11 Å². The molecule has 0 aliphatic carbocycles. The fraction of sp³-hybridized carbons (Fsp3) is 0.500. The van der Waals surface area contributed by atoms with Crippen LogP contribution < -0.4 is 5.32 Å². The van der Waals surface area contributed by atoms with E-state index in [9.17, 15) is 4.79 Å². The molecule has 1 heterocycles.